The third kappa shape index (κ3) is 4.28. The van der Waals surface area contributed by atoms with E-state index in [2.05, 4.69) is 0 Å². The van der Waals surface area contributed by atoms with Crippen LogP contribution in [-0.2, 0) is 4.79 Å². The van der Waals surface area contributed by atoms with Gasteiger partial charge in [-0.15, -0.1) is 0 Å². The summed E-state index contributed by atoms with van der Waals surface area (Å²) in [7, 11) is 1.57. The third-order valence-electron chi connectivity index (χ3n) is 4.61. The fourth-order valence-electron chi connectivity index (χ4n) is 3.08. The number of fused-ring (bicyclic) bond motifs is 3. The van der Waals surface area contributed by atoms with Gasteiger partial charge in [-0.3, -0.25) is 9.59 Å². The van der Waals surface area contributed by atoms with Gasteiger partial charge in [0.25, 0.3) is 0 Å². The molecule has 6 nitrogen and oxygen atoms in total. The van der Waals surface area contributed by atoms with Crippen molar-refractivity contribution < 1.29 is 23.4 Å². The van der Waals surface area contributed by atoms with Crippen LogP contribution >= 0.6 is 23.2 Å². The number of hydrogen-bond acceptors (Lipinski definition) is 6. The number of halogens is 2. The molecule has 0 N–H and O–H groups in total. The lowest BCUT2D eigenvalue weighted by molar-refractivity contribution is -0.131. The van der Waals surface area contributed by atoms with Gasteiger partial charge in [-0.05, 0) is 42.0 Å². The second kappa shape index (κ2) is 8.94. The van der Waals surface area contributed by atoms with Crippen molar-refractivity contribution in [1.82, 2.24) is 0 Å². The fraction of sp³-hybridized carbons (Fsp3) is 0.0833. The van der Waals surface area contributed by atoms with E-state index in [-0.39, 0.29) is 5.43 Å². The summed E-state index contributed by atoms with van der Waals surface area (Å²) in [5.41, 5.74) is 1.36. The van der Waals surface area contributed by atoms with Gasteiger partial charge in [0, 0.05) is 13.0 Å². The Morgan fingerprint density at radius 3 is 2.44 bits per heavy atom. The average molecular weight is 471 g/mol. The number of hydrogen-bond donors (Lipinski definition) is 0. The van der Waals surface area contributed by atoms with Crippen LogP contribution < -0.4 is 19.6 Å². The minimum atomic E-state index is -0.431. The van der Waals surface area contributed by atoms with Crippen molar-refractivity contribution in [2.75, 3.05) is 7.11 Å². The van der Waals surface area contributed by atoms with Crippen LogP contribution in [0.1, 0.15) is 6.92 Å². The summed E-state index contributed by atoms with van der Waals surface area (Å²) >= 11 is 11.3. The lowest BCUT2D eigenvalue weighted by atomic mass is 10.1. The Hall–Kier alpha value is -3.48. The largest absolute Gasteiger partial charge is 0.497 e. The van der Waals surface area contributed by atoms with Gasteiger partial charge in [0.2, 0.25) is 0 Å². The highest BCUT2D eigenvalue weighted by Crippen LogP contribution is 2.50. The Labute approximate surface area is 192 Å². The molecule has 0 atom stereocenters. The number of methoxy groups -OCH3 is 1. The lowest BCUT2D eigenvalue weighted by Gasteiger charge is -2.20. The summed E-state index contributed by atoms with van der Waals surface area (Å²) in [6, 6.07) is 15.4. The van der Waals surface area contributed by atoms with Crippen molar-refractivity contribution in [3.05, 3.63) is 81.1 Å². The summed E-state index contributed by atoms with van der Waals surface area (Å²) in [4.78, 5) is 23.6. The molecular weight excluding hydrogens is 455 g/mol. The van der Waals surface area contributed by atoms with Gasteiger partial charge in [-0.25, -0.2) is 0 Å². The van der Waals surface area contributed by atoms with Crippen molar-refractivity contribution in [2.24, 2.45) is 0 Å². The van der Waals surface area contributed by atoms with Crippen LogP contribution in [0.3, 0.4) is 0 Å². The molecule has 32 heavy (non-hydrogen) atoms. The number of carbonyl (C=O) groups is 1. The van der Waals surface area contributed by atoms with Crippen LogP contribution in [0.5, 0.6) is 23.0 Å². The zero-order chi connectivity index (χ0) is 22.8. The SMILES string of the molecule is COc1cccc(-c2coc3cc(OC(C)=O)ccc3c2=O)c1.Clc1ccc2c(Cl)c1O2. The molecule has 1 aromatic heterocycles. The molecule has 162 valence electrons. The molecule has 0 radical (unpaired) electrons. The van der Waals surface area contributed by atoms with E-state index in [4.69, 9.17) is 41.8 Å². The van der Waals surface area contributed by atoms with Crippen LogP contribution in [0.2, 0.25) is 10.0 Å². The maximum atomic E-state index is 12.7. The monoisotopic (exact) mass is 470 g/mol. The van der Waals surface area contributed by atoms with Crippen molar-refractivity contribution in [3.8, 4) is 34.1 Å². The van der Waals surface area contributed by atoms with Gasteiger partial charge in [-0.1, -0.05) is 35.3 Å². The van der Waals surface area contributed by atoms with Crippen LogP contribution in [0.15, 0.2) is 70.1 Å². The zero-order valence-corrected chi connectivity index (χ0v) is 18.5. The van der Waals surface area contributed by atoms with Gasteiger partial charge in [0.1, 0.15) is 34.1 Å². The topological polar surface area (TPSA) is 75.0 Å². The molecule has 0 aliphatic carbocycles. The van der Waals surface area contributed by atoms with Crippen LogP contribution in [-0.4, -0.2) is 13.1 Å². The molecule has 3 aromatic carbocycles. The minimum Gasteiger partial charge on any atom is -0.497 e. The molecule has 4 aromatic rings. The van der Waals surface area contributed by atoms with Crippen LogP contribution in [0.4, 0.5) is 0 Å². The predicted octanol–water partition coefficient (Wildman–Crippen LogP) is 6.49. The van der Waals surface area contributed by atoms with Gasteiger partial charge in [0.05, 0.1) is 23.1 Å². The second-order valence-electron chi connectivity index (χ2n) is 6.75. The normalized spacial score (nSPS) is 11.0. The maximum absolute atomic E-state index is 12.7. The zero-order valence-electron chi connectivity index (χ0n) is 17.0. The summed E-state index contributed by atoms with van der Waals surface area (Å²) in [6.07, 6.45) is 1.40. The number of rotatable bonds is 3. The van der Waals surface area contributed by atoms with E-state index in [1.807, 2.05) is 12.1 Å². The molecule has 0 fully saturated rings. The first-order valence-corrected chi connectivity index (χ1v) is 10.2. The molecule has 0 unspecified atom stereocenters. The van der Waals surface area contributed by atoms with Crippen LogP contribution in [0, 0.1) is 0 Å². The smallest absolute Gasteiger partial charge is 0.308 e. The molecule has 2 aliphatic heterocycles. The average Bonchev–Trinajstić information content (AvgIpc) is 2.78. The van der Waals surface area contributed by atoms with E-state index in [9.17, 15) is 9.59 Å². The molecule has 0 saturated heterocycles. The van der Waals surface area contributed by atoms with Crippen molar-refractivity contribution in [2.45, 2.75) is 6.92 Å². The van der Waals surface area contributed by atoms with Gasteiger partial charge in [-0.2, -0.15) is 0 Å². The Morgan fingerprint density at radius 1 is 1.00 bits per heavy atom. The third-order valence-corrected chi connectivity index (χ3v) is 5.27. The maximum Gasteiger partial charge on any atom is 0.308 e. The molecule has 2 bridgehead atoms. The molecular formula is C24H16Cl2O6. The fourth-order valence-corrected chi connectivity index (χ4v) is 3.56. The highest BCUT2D eigenvalue weighted by molar-refractivity contribution is 6.39. The first-order valence-electron chi connectivity index (χ1n) is 9.41. The van der Waals surface area contributed by atoms with Crippen molar-refractivity contribution in [1.29, 1.82) is 0 Å². The second-order valence-corrected chi connectivity index (χ2v) is 7.54. The standard InChI is InChI=1S/C18H14O5.C6H2Cl2O/c1-11(19)23-14-6-7-15-17(9-14)22-10-16(18(15)20)12-4-3-5-13(8-12)21-2;7-3-1-2-4-5(8)6(3)9-4/h3-10H,1-2H3;1-2H. The van der Waals surface area contributed by atoms with Crippen LogP contribution in [0.25, 0.3) is 22.1 Å². The minimum absolute atomic E-state index is 0.158. The highest BCUT2D eigenvalue weighted by Gasteiger charge is 2.22. The molecule has 3 heterocycles. The number of benzene rings is 3. The highest BCUT2D eigenvalue weighted by atomic mass is 35.5. The summed E-state index contributed by atoms with van der Waals surface area (Å²) in [5, 5.41) is 1.64. The van der Waals surface area contributed by atoms with E-state index in [1.165, 1.54) is 19.3 Å². The van der Waals surface area contributed by atoms with E-state index < -0.39 is 5.97 Å². The first kappa shape index (κ1) is 21.7. The van der Waals surface area contributed by atoms with E-state index >= 15 is 0 Å². The van der Waals surface area contributed by atoms with Crippen molar-refractivity contribution in [3.63, 3.8) is 0 Å². The quantitative estimate of drug-likeness (QED) is 0.221. The molecule has 0 amide bonds. The van der Waals surface area contributed by atoms with Crippen molar-refractivity contribution >= 4 is 40.1 Å². The Morgan fingerprint density at radius 2 is 1.81 bits per heavy atom. The van der Waals surface area contributed by atoms with Gasteiger partial charge < -0.3 is 18.6 Å². The van der Waals surface area contributed by atoms with E-state index in [1.54, 1.807) is 43.5 Å². The number of ether oxygens (including phenoxy) is 3. The van der Waals surface area contributed by atoms with E-state index in [0.29, 0.717) is 49.4 Å². The molecule has 8 heteroatoms. The molecule has 0 saturated carbocycles. The molecule has 0 spiro atoms. The Bertz CT molecular complexity index is 1390. The summed E-state index contributed by atoms with van der Waals surface area (Å²) in [5.74, 6) is 1.89. The molecule has 2 aliphatic rings. The first-order chi connectivity index (χ1) is 15.4. The summed E-state index contributed by atoms with van der Waals surface area (Å²) in [6.45, 7) is 1.31. The van der Waals surface area contributed by atoms with Gasteiger partial charge in [0.15, 0.2) is 11.2 Å². The Kier molecular flexibility index (Phi) is 6.08. The number of carbonyl (C=O) groups excluding carboxylic acids is 1. The van der Waals surface area contributed by atoms with Gasteiger partial charge >= 0.3 is 5.97 Å². The lowest BCUT2D eigenvalue weighted by Crippen LogP contribution is -2.06. The van der Waals surface area contributed by atoms with E-state index in [0.717, 1.165) is 5.75 Å². The predicted molar refractivity (Wildman–Crippen MR) is 122 cm³/mol. The molecule has 6 rings (SSSR count). The summed E-state index contributed by atoms with van der Waals surface area (Å²) < 4.78 is 20.7. The number of esters is 1. The Balaban J connectivity index is 0.000000225.